The van der Waals surface area contributed by atoms with Crippen molar-refractivity contribution in [2.75, 3.05) is 20.1 Å². The van der Waals surface area contributed by atoms with E-state index >= 15 is 0 Å². The number of nitrogens with zero attached hydrogens (tertiary/aromatic N) is 1. The van der Waals surface area contributed by atoms with E-state index in [1.165, 1.54) is 17.0 Å². The summed E-state index contributed by atoms with van der Waals surface area (Å²) < 4.78 is 76.7. The summed E-state index contributed by atoms with van der Waals surface area (Å²) in [5, 5.41) is 3.18. The van der Waals surface area contributed by atoms with Crippen LogP contribution in [-0.2, 0) is 12.4 Å². The molecule has 1 fully saturated rings. The highest BCUT2D eigenvalue weighted by Crippen LogP contribution is 2.33. The first-order valence-electron chi connectivity index (χ1n) is 9.31. The van der Waals surface area contributed by atoms with Crippen molar-refractivity contribution in [3.05, 3.63) is 70.8 Å². The number of alkyl halides is 6. The molecule has 1 aliphatic heterocycles. The number of likely N-dealkylation sites (N-methyl/N-ethyl adjacent to an activating group) is 1. The molecule has 0 unspecified atom stereocenters. The summed E-state index contributed by atoms with van der Waals surface area (Å²) in [5.74, 6) is -0.683. The van der Waals surface area contributed by atoms with Gasteiger partial charge < -0.3 is 10.2 Å². The van der Waals surface area contributed by atoms with E-state index in [1.54, 1.807) is 7.05 Å². The summed E-state index contributed by atoms with van der Waals surface area (Å²) in [5.41, 5.74) is -0.811. The smallest absolute Gasteiger partial charge is 0.338 e. The molecule has 0 spiro atoms. The largest absolute Gasteiger partial charge is 0.416 e. The third kappa shape index (κ3) is 5.71. The van der Waals surface area contributed by atoms with Crippen LogP contribution < -0.4 is 5.32 Å². The Labute approximate surface area is 181 Å². The monoisotopic (exact) mass is 466 g/mol. The second kappa shape index (κ2) is 9.48. The van der Waals surface area contributed by atoms with Gasteiger partial charge in [0.15, 0.2) is 0 Å². The zero-order valence-corrected chi connectivity index (χ0v) is 17.2. The minimum Gasteiger partial charge on any atom is -0.338 e. The van der Waals surface area contributed by atoms with E-state index in [2.05, 4.69) is 5.32 Å². The summed E-state index contributed by atoms with van der Waals surface area (Å²) in [6.07, 6.45) is -8.36. The van der Waals surface area contributed by atoms with Crippen molar-refractivity contribution in [1.82, 2.24) is 10.2 Å². The van der Waals surface area contributed by atoms with Gasteiger partial charge in [-0.3, -0.25) is 4.79 Å². The predicted molar refractivity (Wildman–Crippen MR) is 106 cm³/mol. The number of piperidine rings is 1. The Morgan fingerprint density at radius 1 is 0.903 bits per heavy atom. The fourth-order valence-corrected chi connectivity index (χ4v) is 3.72. The number of halogens is 7. The Balaban J connectivity index is 0.00000341. The molecule has 0 bridgehead atoms. The zero-order valence-electron chi connectivity index (χ0n) is 16.4. The number of nitrogens with one attached hydrogen (secondary N) is 1. The van der Waals surface area contributed by atoms with Gasteiger partial charge in [0.1, 0.15) is 0 Å². The fourth-order valence-electron chi connectivity index (χ4n) is 3.72. The zero-order chi connectivity index (χ0) is 22.1. The van der Waals surface area contributed by atoms with Crippen LogP contribution in [0.4, 0.5) is 26.3 Å². The number of amides is 1. The maximum Gasteiger partial charge on any atom is 0.416 e. The lowest BCUT2D eigenvalue weighted by molar-refractivity contribution is -0.138. The highest BCUT2D eigenvalue weighted by molar-refractivity contribution is 5.94. The molecule has 0 saturated carbocycles. The van der Waals surface area contributed by atoms with Gasteiger partial charge in [0.05, 0.1) is 11.1 Å². The van der Waals surface area contributed by atoms with Crippen LogP contribution in [0.15, 0.2) is 48.5 Å². The maximum atomic E-state index is 12.8. The van der Waals surface area contributed by atoms with E-state index < -0.39 is 29.4 Å². The van der Waals surface area contributed by atoms with E-state index in [0.717, 1.165) is 36.4 Å². The highest BCUT2D eigenvalue weighted by Gasteiger charge is 2.35. The predicted octanol–water partition coefficient (Wildman–Crippen LogP) is 5.36. The van der Waals surface area contributed by atoms with Crippen LogP contribution in [0.1, 0.15) is 39.4 Å². The van der Waals surface area contributed by atoms with Gasteiger partial charge in [-0.05, 0) is 54.9 Å². The molecule has 2 aromatic carbocycles. The van der Waals surface area contributed by atoms with Crippen LogP contribution in [-0.4, -0.2) is 37.0 Å². The normalized spacial score (nSPS) is 19.5. The molecule has 1 saturated heterocycles. The Hall–Kier alpha value is -2.26. The van der Waals surface area contributed by atoms with Crippen molar-refractivity contribution in [3.63, 3.8) is 0 Å². The fraction of sp³-hybridized carbons (Fsp3) is 0.381. The first kappa shape index (κ1) is 25.0. The van der Waals surface area contributed by atoms with Gasteiger partial charge in [-0.1, -0.05) is 12.1 Å². The summed E-state index contributed by atoms with van der Waals surface area (Å²) in [6.45, 7) is 1.09. The number of benzene rings is 2. The molecule has 0 radical (unpaired) electrons. The van der Waals surface area contributed by atoms with Crippen LogP contribution in [0.2, 0.25) is 0 Å². The van der Waals surface area contributed by atoms with E-state index in [4.69, 9.17) is 0 Å². The van der Waals surface area contributed by atoms with Crippen molar-refractivity contribution in [2.45, 2.75) is 30.7 Å². The Bertz CT molecular complexity index is 881. The van der Waals surface area contributed by atoms with Crippen molar-refractivity contribution < 1.29 is 31.1 Å². The topological polar surface area (TPSA) is 32.3 Å². The lowest BCUT2D eigenvalue weighted by Crippen LogP contribution is -2.49. The second-order valence-electron chi connectivity index (χ2n) is 7.28. The highest BCUT2D eigenvalue weighted by atomic mass is 35.5. The van der Waals surface area contributed by atoms with E-state index in [-0.39, 0.29) is 29.9 Å². The molecule has 0 aliphatic carbocycles. The molecular formula is C21H21ClF6N2O. The lowest BCUT2D eigenvalue weighted by atomic mass is 9.85. The molecular weight excluding hydrogens is 446 g/mol. The van der Waals surface area contributed by atoms with E-state index in [0.29, 0.717) is 25.1 Å². The Morgan fingerprint density at radius 3 is 1.87 bits per heavy atom. The second-order valence-corrected chi connectivity index (χ2v) is 7.28. The van der Waals surface area contributed by atoms with Crippen LogP contribution in [0.3, 0.4) is 0 Å². The van der Waals surface area contributed by atoms with E-state index in [1.807, 2.05) is 0 Å². The molecule has 2 atom stereocenters. The summed E-state index contributed by atoms with van der Waals surface area (Å²) in [7, 11) is 1.56. The van der Waals surface area contributed by atoms with Crippen LogP contribution >= 0.6 is 12.4 Å². The van der Waals surface area contributed by atoms with Crippen molar-refractivity contribution in [3.8, 4) is 0 Å². The molecule has 1 N–H and O–H groups in total. The number of carbonyl (C=O) groups excluding carboxylic acids is 1. The van der Waals surface area contributed by atoms with Crippen LogP contribution in [0.5, 0.6) is 0 Å². The molecule has 3 rings (SSSR count). The molecule has 1 heterocycles. The van der Waals surface area contributed by atoms with Crippen LogP contribution in [0, 0.1) is 0 Å². The van der Waals surface area contributed by atoms with Crippen molar-refractivity contribution in [1.29, 1.82) is 0 Å². The molecule has 170 valence electrons. The SMILES string of the molecule is CN(C(=O)c1ccc(C(F)(F)F)cc1)[C@@H]1CCNC[C@H]1c1ccc(C(F)(F)F)cc1.Cl. The van der Waals surface area contributed by atoms with E-state index in [9.17, 15) is 31.1 Å². The molecule has 31 heavy (non-hydrogen) atoms. The van der Waals surface area contributed by atoms with Gasteiger partial charge in [0.25, 0.3) is 5.91 Å². The van der Waals surface area contributed by atoms with Gasteiger partial charge in [0, 0.05) is 31.1 Å². The number of carbonyl (C=O) groups is 1. The van der Waals surface area contributed by atoms with Gasteiger partial charge >= 0.3 is 12.4 Å². The third-order valence-electron chi connectivity index (χ3n) is 5.39. The Kier molecular flexibility index (Phi) is 7.65. The summed E-state index contributed by atoms with van der Waals surface area (Å²) >= 11 is 0. The molecule has 0 aromatic heterocycles. The lowest BCUT2D eigenvalue weighted by Gasteiger charge is -2.39. The quantitative estimate of drug-likeness (QED) is 0.617. The first-order valence-corrected chi connectivity index (χ1v) is 9.31. The molecule has 1 aliphatic rings. The maximum absolute atomic E-state index is 12.8. The molecule has 2 aromatic rings. The average Bonchev–Trinajstić information content (AvgIpc) is 2.71. The molecule has 10 heteroatoms. The van der Waals surface area contributed by atoms with Crippen molar-refractivity contribution in [2.24, 2.45) is 0 Å². The number of rotatable bonds is 3. The van der Waals surface area contributed by atoms with Gasteiger partial charge in [-0.2, -0.15) is 26.3 Å². The van der Waals surface area contributed by atoms with Crippen LogP contribution in [0.25, 0.3) is 0 Å². The van der Waals surface area contributed by atoms with Gasteiger partial charge in [-0.15, -0.1) is 12.4 Å². The van der Waals surface area contributed by atoms with Gasteiger partial charge in [-0.25, -0.2) is 0 Å². The molecule has 3 nitrogen and oxygen atoms in total. The number of hydrogen-bond acceptors (Lipinski definition) is 2. The first-order chi connectivity index (χ1) is 14.0. The number of hydrogen-bond donors (Lipinski definition) is 1. The molecule has 1 amide bonds. The minimum absolute atomic E-state index is 0. The standard InChI is InChI=1S/C21H20F6N2O.ClH/c1-29(19(30)14-4-8-16(9-5-14)21(25,26)27)18-10-11-28-12-17(18)13-2-6-15(7-3-13)20(22,23)24;/h2-9,17-18,28H,10-12H2,1H3;1H/t17-,18+;/m0./s1. The average molecular weight is 467 g/mol. The van der Waals surface area contributed by atoms with Crippen molar-refractivity contribution >= 4 is 18.3 Å². The third-order valence-corrected chi connectivity index (χ3v) is 5.39. The minimum atomic E-state index is -4.49. The summed E-state index contributed by atoms with van der Waals surface area (Å²) in [4.78, 5) is 14.3. The summed E-state index contributed by atoms with van der Waals surface area (Å²) in [6, 6.07) is 8.52. The van der Waals surface area contributed by atoms with Gasteiger partial charge in [0.2, 0.25) is 0 Å². The Morgan fingerprint density at radius 2 is 1.39 bits per heavy atom.